The molecule has 1 aliphatic carbocycles. The largest absolute Gasteiger partial charge is 0.464 e. The summed E-state index contributed by atoms with van der Waals surface area (Å²) in [6.45, 7) is 2.12. The second kappa shape index (κ2) is 4.66. The van der Waals surface area contributed by atoms with Crippen LogP contribution in [-0.2, 0) is 4.74 Å². The number of likely N-dealkylation sites (N-methyl/N-ethyl adjacent to an activating group) is 1. The summed E-state index contributed by atoms with van der Waals surface area (Å²) in [5, 5.41) is 0. The van der Waals surface area contributed by atoms with E-state index in [2.05, 4.69) is 21.8 Å². The number of anilines is 1. The van der Waals surface area contributed by atoms with Gasteiger partial charge in [-0.2, -0.15) is 0 Å². The summed E-state index contributed by atoms with van der Waals surface area (Å²) in [5.41, 5.74) is 0.391. The number of rotatable bonds is 3. The van der Waals surface area contributed by atoms with Crippen molar-refractivity contribution in [1.82, 2.24) is 14.9 Å². The van der Waals surface area contributed by atoms with Gasteiger partial charge in [-0.25, -0.2) is 14.8 Å². The predicted octanol–water partition coefficient (Wildman–Crippen LogP) is 1.03. The number of carbonyl (C=O) groups excluding carboxylic acids is 1. The Hall–Kier alpha value is -1.69. The van der Waals surface area contributed by atoms with Crippen LogP contribution in [0.15, 0.2) is 6.07 Å². The van der Waals surface area contributed by atoms with Crippen LogP contribution in [0.2, 0.25) is 0 Å². The maximum atomic E-state index is 11.8. The summed E-state index contributed by atoms with van der Waals surface area (Å²) in [6, 6.07) is 2.82. The molecule has 0 aromatic carbocycles. The van der Waals surface area contributed by atoms with E-state index in [1.54, 1.807) is 6.07 Å². The third-order valence-electron chi connectivity index (χ3n) is 4.71. The number of nitrogens with zero attached hydrogens (tertiary/aromatic N) is 4. The van der Waals surface area contributed by atoms with E-state index in [1.807, 2.05) is 0 Å². The number of hydrogen-bond donors (Lipinski definition) is 0. The SMILES string of the molecule is COC(=O)c1cc(N2C3CC2CN(C)C3)nc(C2CC2)n1. The molecule has 2 bridgehead atoms. The van der Waals surface area contributed by atoms with E-state index in [-0.39, 0.29) is 5.97 Å². The number of esters is 1. The quantitative estimate of drug-likeness (QED) is 0.774. The smallest absolute Gasteiger partial charge is 0.356 e. The van der Waals surface area contributed by atoms with Gasteiger partial charge in [0.25, 0.3) is 0 Å². The highest BCUT2D eigenvalue weighted by Crippen LogP contribution is 2.41. The third kappa shape index (κ3) is 2.18. The van der Waals surface area contributed by atoms with E-state index < -0.39 is 0 Å². The fraction of sp³-hybridized carbons (Fsp3) is 0.667. The Morgan fingerprint density at radius 3 is 2.62 bits per heavy atom. The maximum Gasteiger partial charge on any atom is 0.356 e. The molecule has 3 fully saturated rings. The third-order valence-corrected chi connectivity index (χ3v) is 4.71. The zero-order chi connectivity index (χ0) is 14.6. The summed E-state index contributed by atoms with van der Waals surface area (Å²) in [4.78, 5) is 25.7. The molecule has 1 aromatic rings. The average Bonchev–Trinajstić information content (AvgIpc) is 3.30. The Kier molecular flexibility index (Phi) is 2.89. The van der Waals surface area contributed by atoms with Crippen molar-refractivity contribution in [3.05, 3.63) is 17.6 Å². The van der Waals surface area contributed by atoms with Crippen LogP contribution in [0, 0.1) is 0 Å². The topological polar surface area (TPSA) is 58.6 Å². The van der Waals surface area contributed by atoms with Gasteiger partial charge in [0.15, 0.2) is 5.69 Å². The van der Waals surface area contributed by atoms with Gasteiger partial charge >= 0.3 is 5.97 Å². The molecule has 2 unspecified atom stereocenters. The molecule has 3 heterocycles. The Morgan fingerprint density at radius 2 is 2.00 bits per heavy atom. The summed E-state index contributed by atoms with van der Waals surface area (Å²) >= 11 is 0. The van der Waals surface area contributed by atoms with E-state index in [4.69, 9.17) is 9.72 Å². The number of piperidine rings is 1. The Balaban J connectivity index is 1.68. The molecule has 0 amide bonds. The number of methoxy groups -OCH3 is 1. The molecule has 1 aromatic heterocycles. The van der Waals surface area contributed by atoms with Crippen molar-refractivity contribution in [2.75, 3.05) is 32.1 Å². The minimum atomic E-state index is -0.372. The van der Waals surface area contributed by atoms with Gasteiger partial charge in [0.05, 0.1) is 7.11 Å². The molecule has 0 spiro atoms. The van der Waals surface area contributed by atoms with Crippen molar-refractivity contribution in [2.45, 2.75) is 37.3 Å². The van der Waals surface area contributed by atoms with Crippen molar-refractivity contribution < 1.29 is 9.53 Å². The molecule has 0 radical (unpaired) electrons. The van der Waals surface area contributed by atoms with Crippen LogP contribution in [0.3, 0.4) is 0 Å². The molecule has 112 valence electrons. The lowest BCUT2D eigenvalue weighted by Crippen LogP contribution is -2.68. The molecule has 2 atom stereocenters. The number of aromatic nitrogens is 2. The second-order valence-electron chi connectivity index (χ2n) is 6.41. The molecule has 3 aliphatic rings. The summed E-state index contributed by atoms with van der Waals surface area (Å²) in [6.07, 6.45) is 3.47. The van der Waals surface area contributed by atoms with Gasteiger partial charge in [-0.05, 0) is 26.3 Å². The number of fused-ring (bicyclic) bond motifs is 2. The summed E-state index contributed by atoms with van der Waals surface area (Å²) < 4.78 is 4.83. The van der Waals surface area contributed by atoms with Crippen LogP contribution in [0.1, 0.15) is 41.5 Å². The predicted molar refractivity (Wildman–Crippen MR) is 77.5 cm³/mol. The minimum absolute atomic E-state index is 0.372. The highest BCUT2D eigenvalue weighted by Gasteiger charge is 2.44. The molecule has 2 aliphatic heterocycles. The van der Waals surface area contributed by atoms with Gasteiger partial charge in [0.1, 0.15) is 11.6 Å². The number of ether oxygens (including phenoxy) is 1. The maximum absolute atomic E-state index is 11.8. The fourth-order valence-electron chi connectivity index (χ4n) is 3.51. The summed E-state index contributed by atoms with van der Waals surface area (Å²) in [7, 11) is 3.56. The van der Waals surface area contributed by atoms with Crippen molar-refractivity contribution in [3.63, 3.8) is 0 Å². The van der Waals surface area contributed by atoms with Crippen LogP contribution in [-0.4, -0.2) is 60.2 Å². The van der Waals surface area contributed by atoms with Crippen molar-refractivity contribution in [3.8, 4) is 0 Å². The zero-order valence-corrected chi connectivity index (χ0v) is 12.5. The number of hydrogen-bond acceptors (Lipinski definition) is 6. The van der Waals surface area contributed by atoms with Crippen LogP contribution < -0.4 is 4.90 Å². The van der Waals surface area contributed by atoms with E-state index >= 15 is 0 Å². The van der Waals surface area contributed by atoms with Crippen molar-refractivity contribution in [1.29, 1.82) is 0 Å². The van der Waals surface area contributed by atoms with Crippen LogP contribution in [0.4, 0.5) is 5.82 Å². The number of carbonyl (C=O) groups is 1. The van der Waals surface area contributed by atoms with Crippen LogP contribution >= 0.6 is 0 Å². The Morgan fingerprint density at radius 1 is 1.29 bits per heavy atom. The fourth-order valence-corrected chi connectivity index (χ4v) is 3.51. The number of likely N-dealkylation sites (tertiary alicyclic amines) is 1. The van der Waals surface area contributed by atoms with Crippen LogP contribution in [0.25, 0.3) is 0 Å². The molecular weight excluding hydrogens is 268 g/mol. The molecule has 6 nitrogen and oxygen atoms in total. The minimum Gasteiger partial charge on any atom is -0.464 e. The highest BCUT2D eigenvalue weighted by atomic mass is 16.5. The normalized spacial score (nSPS) is 28.2. The Labute approximate surface area is 124 Å². The second-order valence-corrected chi connectivity index (χ2v) is 6.41. The van der Waals surface area contributed by atoms with Gasteiger partial charge in [-0.3, -0.25) is 0 Å². The lowest BCUT2D eigenvalue weighted by Gasteiger charge is -2.56. The monoisotopic (exact) mass is 288 g/mol. The van der Waals surface area contributed by atoms with Gasteiger partial charge in [0.2, 0.25) is 0 Å². The highest BCUT2D eigenvalue weighted by molar-refractivity contribution is 5.88. The molecule has 0 N–H and O–H groups in total. The van der Waals surface area contributed by atoms with Crippen molar-refractivity contribution in [2.24, 2.45) is 0 Å². The van der Waals surface area contributed by atoms with E-state index in [0.717, 1.165) is 37.6 Å². The van der Waals surface area contributed by atoms with Gasteiger partial charge < -0.3 is 14.5 Å². The lowest BCUT2D eigenvalue weighted by molar-refractivity contribution is 0.0593. The standard InChI is InChI=1S/C15H20N4O2/c1-18-7-10-5-11(8-18)19(10)13-6-12(15(20)21-2)16-14(17-13)9-3-4-9/h6,9-11H,3-5,7-8H2,1-2H3. The molecular formula is C15H20N4O2. The molecule has 4 rings (SSSR count). The van der Waals surface area contributed by atoms with Gasteiger partial charge in [0, 0.05) is 37.2 Å². The summed E-state index contributed by atoms with van der Waals surface area (Å²) in [5.74, 6) is 1.77. The van der Waals surface area contributed by atoms with Gasteiger partial charge in [-0.1, -0.05) is 0 Å². The van der Waals surface area contributed by atoms with E-state index in [0.29, 0.717) is 23.7 Å². The van der Waals surface area contributed by atoms with Crippen LogP contribution in [0.5, 0.6) is 0 Å². The first-order valence-electron chi connectivity index (χ1n) is 7.60. The lowest BCUT2D eigenvalue weighted by atomic mass is 9.87. The molecule has 21 heavy (non-hydrogen) atoms. The first-order chi connectivity index (χ1) is 10.2. The number of piperazine rings is 1. The first-order valence-corrected chi connectivity index (χ1v) is 7.60. The molecule has 1 saturated carbocycles. The van der Waals surface area contributed by atoms with Gasteiger partial charge in [-0.15, -0.1) is 0 Å². The molecule has 6 heteroatoms. The zero-order valence-electron chi connectivity index (χ0n) is 12.5. The first kappa shape index (κ1) is 13.0. The average molecular weight is 288 g/mol. The van der Waals surface area contributed by atoms with E-state index in [9.17, 15) is 4.79 Å². The Bertz CT molecular complexity index is 575. The van der Waals surface area contributed by atoms with Crippen molar-refractivity contribution >= 4 is 11.8 Å². The molecule has 2 saturated heterocycles. The van der Waals surface area contributed by atoms with E-state index in [1.165, 1.54) is 13.5 Å².